The summed E-state index contributed by atoms with van der Waals surface area (Å²) in [5.41, 5.74) is 0. The molecule has 1 N–H and O–H groups in total. The molecule has 1 fully saturated rings. The standard InChI is InChI=1S/C9H18O2S/c1-2-3-4-8(10)9-7-12-6-5-11-9/h8-10H,2-7H2,1H3. The van der Waals surface area contributed by atoms with Gasteiger partial charge in [-0.15, -0.1) is 0 Å². The van der Waals surface area contributed by atoms with Gasteiger partial charge in [-0.05, 0) is 6.42 Å². The minimum atomic E-state index is -0.238. The number of thioether (sulfide) groups is 1. The van der Waals surface area contributed by atoms with Crippen LogP contribution in [0.3, 0.4) is 0 Å². The number of unbranched alkanes of at least 4 members (excludes halogenated alkanes) is 1. The van der Waals surface area contributed by atoms with Crippen LogP contribution in [0.1, 0.15) is 26.2 Å². The van der Waals surface area contributed by atoms with Gasteiger partial charge in [0.25, 0.3) is 0 Å². The Balaban J connectivity index is 2.15. The maximum absolute atomic E-state index is 9.67. The maximum atomic E-state index is 9.67. The van der Waals surface area contributed by atoms with Gasteiger partial charge in [0.1, 0.15) is 0 Å². The van der Waals surface area contributed by atoms with Crippen LogP contribution in [0.2, 0.25) is 0 Å². The molecule has 3 heteroatoms. The van der Waals surface area contributed by atoms with Crippen LogP contribution in [0.5, 0.6) is 0 Å². The molecule has 1 rings (SSSR count). The number of rotatable bonds is 4. The van der Waals surface area contributed by atoms with Crippen molar-refractivity contribution in [2.24, 2.45) is 0 Å². The lowest BCUT2D eigenvalue weighted by Gasteiger charge is -2.26. The van der Waals surface area contributed by atoms with Crippen LogP contribution < -0.4 is 0 Å². The fourth-order valence-electron chi connectivity index (χ4n) is 1.33. The molecular weight excluding hydrogens is 172 g/mol. The lowest BCUT2D eigenvalue weighted by molar-refractivity contribution is -0.0254. The molecule has 1 aliphatic rings. The molecule has 0 bridgehead atoms. The second-order valence-electron chi connectivity index (χ2n) is 3.19. The summed E-state index contributed by atoms with van der Waals surface area (Å²) >= 11 is 1.88. The Labute approximate surface area is 78.7 Å². The molecule has 1 saturated heterocycles. The summed E-state index contributed by atoms with van der Waals surface area (Å²) in [6.45, 7) is 2.95. The molecule has 1 heterocycles. The van der Waals surface area contributed by atoms with Crippen molar-refractivity contribution in [1.82, 2.24) is 0 Å². The fourth-order valence-corrected chi connectivity index (χ4v) is 2.26. The highest BCUT2D eigenvalue weighted by Gasteiger charge is 2.21. The number of aliphatic hydroxyl groups excluding tert-OH is 1. The zero-order chi connectivity index (χ0) is 8.81. The van der Waals surface area contributed by atoms with Gasteiger partial charge in [0.05, 0.1) is 18.8 Å². The Hall–Kier alpha value is 0.270. The van der Waals surface area contributed by atoms with Gasteiger partial charge in [-0.1, -0.05) is 19.8 Å². The van der Waals surface area contributed by atoms with E-state index >= 15 is 0 Å². The van der Waals surface area contributed by atoms with E-state index in [1.807, 2.05) is 11.8 Å². The zero-order valence-electron chi connectivity index (χ0n) is 7.66. The molecular formula is C9H18O2S. The number of aliphatic hydroxyl groups is 1. The quantitative estimate of drug-likeness (QED) is 0.731. The van der Waals surface area contributed by atoms with Gasteiger partial charge in [0.2, 0.25) is 0 Å². The van der Waals surface area contributed by atoms with Crippen LogP contribution in [0, 0.1) is 0 Å². The lowest BCUT2D eigenvalue weighted by atomic mass is 10.1. The molecule has 0 aromatic carbocycles. The van der Waals surface area contributed by atoms with Gasteiger partial charge < -0.3 is 9.84 Å². The normalized spacial score (nSPS) is 27.0. The average molecular weight is 190 g/mol. The summed E-state index contributed by atoms with van der Waals surface area (Å²) in [5, 5.41) is 9.67. The first-order valence-corrected chi connectivity index (χ1v) is 5.87. The van der Waals surface area contributed by atoms with Gasteiger partial charge in [-0.3, -0.25) is 0 Å². The highest BCUT2D eigenvalue weighted by Crippen LogP contribution is 2.18. The summed E-state index contributed by atoms with van der Waals surface area (Å²) in [5.74, 6) is 2.04. The van der Waals surface area contributed by atoms with E-state index in [1.165, 1.54) is 0 Å². The Morgan fingerprint density at radius 2 is 2.50 bits per heavy atom. The van der Waals surface area contributed by atoms with Crippen molar-refractivity contribution in [2.45, 2.75) is 38.4 Å². The molecule has 1 aliphatic heterocycles. The Morgan fingerprint density at radius 3 is 3.08 bits per heavy atom. The third-order valence-electron chi connectivity index (χ3n) is 2.12. The smallest absolute Gasteiger partial charge is 0.0924 e. The molecule has 0 amide bonds. The monoisotopic (exact) mass is 190 g/mol. The van der Waals surface area contributed by atoms with Crippen molar-refractivity contribution in [1.29, 1.82) is 0 Å². The van der Waals surface area contributed by atoms with Crippen LogP contribution in [0.15, 0.2) is 0 Å². The third kappa shape index (κ3) is 3.33. The molecule has 2 unspecified atom stereocenters. The Kier molecular flexibility index (Phi) is 5.04. The molecule has 2 nitrogen and oxygen atoms in total. The summed E-state index contributed by atoms with van der Waals surface area (Å²) in [7, 11) is 0. The first-order valence-electron chi connectivity index (χ1n) is 4.72. The predicted molar refractivity (Wildman–Crippen MR) is 52.6 cm³/mol. The van der Waals surface area contributed by atoms with Gasteiger partial charge in [0, 0.05) is 11.5 Å². The molecule has 0 spiro atoms. The highest BCUT2D eigenvalue weighted by atomic mass is 32.2. The van der Waals surface area contributed by atoms with E-state index in [4.69, 9.17) is 4.74 Å². The predicted octanol–water partition coefficient (Wildman–Crippen LogP) is 1.67. The molecule has 0 saturated carbocycles. The topological polar surface area (TPSA) is 29.5 Å². The highest BCUT2D eigenvalue weighted by molar-refractivity contribution is 7.99. The first kappa shape index (κ1) is 10.4. The average Bonchev–Trinajstić information content (AvgIpc) is 2.15. The van der Waals surface area contributed by atoms with Gasteiger partial charge in [0.15, 0.2) is 0 Å². The van der Waals surface area contributed by atoms with Crippen molar-refractivity contribution in [3.05, 3.63) is 0 Å². The molecule has 0 aliphatic carbocycles. The van der Waals surface area contributed by atoms with E-state index in [1.54, 1.807) is 0 Å². The van der Waals surface area contributed by atoms with E-state index < -0.39 is 0 Å². The second kappa shape index (κ2) is 5.84. The molecule has 0 aromatic heterocycles. The van der Waals surface area contributed by atoms with E-state index in [0.717, 1.165) is 37.4 Å². The van der Waals surface area contributed by atoms with Crippen molar-refractivity contribution in [3.8, 4) is 0 Å². The summed E-state index contributed by atoms with van der Waals surface area (Å²) in [6.07, 6.45) is 3.00. The van der Waals surface area contributed by atoms with Crippen LogP contribution in [-0.2, 0) is 4.74 Å². The third-order valence-corrected chi connectivity index (χ3v) is 3.14. The summed E-state index contributed by atoms with van der Waals surface area (Å²) in [4.78, 5) is 0. The fraction of sp³-hybridized carbons (Fsp3) is 1.00. The summed E-state index contributed by atoms with van der Waals surface area (Å²) < 4.78 is 5.47. The second-order valence-corrected chi connectivity index (χ2v) is 4.34. The van der Waals surface area contributed by atoms with Crippen LogP contribution in [0.25, 0.3) is 0 Å². The largest absolute Gasteiger partial charge is 0.390 e. The SMILES string of the molecule is CCCCC(O)C1CSCCO1. The summed E-state index contributed by atoms with van der Waals surface area (Å²) in [6, 6.07) is 0. The van der Waals surface area contributed by atoms with E-state index in [9.17, 15) is 5.11 Å². The van der Waals surface area contributed by atoms with E-state index in [0.29, 0.717) is 0 Å². The molecule has 2 atom stereocenters. The minimum absolute atomic E-state index is 0.0929. The van der Waals surface area contributed by atoms with E-state index in [2.05, 4.69) is 6.92 Å². The first-order chi connectivity index (χ1) is 5.84. The molecule has 0 radical (unpaired) electrons. The van der Waals surface area contributed by atoms with Crippen molar-refractivity contribution < 1.29 is 9.84 Å². The van der Waals surface area contributed by atoms with Crippen molar-refractivity contribution >= 4 is 11.8 Å². The number of ether oxygens (including phenoxy) is 1. The number of hydrogen-bond donors (Lipinski definition) is 1. The zero-order valence-corrected chi connectivity index (χ0v) is 8.48. The van der Waals surface area contributed by atoms with Crippen LogP contribution >= 0.6 is 11.8 Å². The Morgan fingerprint density at radius 1 is 1.67 bits per heavy atom. The molecule has 0 aromatic rings. The van der Waals surface area contributed by atoms with Gasteiger partial charge in [-0.25, -0.2) is 0 Å². The van der Waals surface area contributed by atoms with Crippen LogP contribution in [0.4, 0.5) is 0 Å². The van der Waals surface area contributed by atoms with Crippen LogP contribution in [-0.4, -0.2) is 35.4 Å². The number of hydrogen-bond acceptors (Lipinski definition) is 3. The van der Waals surface area contributed by atoms with E-state index in [-0.39, 0.29) is 12.2 Å². The Bertz CT molecular complexity index is 113. The molecule has 72 valence electrons. The molecule has 12 heavy (non-hydrogen) atoms. The maximum Gasteiger partial charge on any atom is 0.0924 e. The van der Waals surface area contributed by atoms with Crippen molar-refractivity contribution in [2.75, 3.05) is 18.1 Å². The minimum Gasteiger partial charge on any atom is -0.390 e. The lowest BCUT2D eigenvalue weighted by Crippen LogP contribution is -2.34. The van der Waals surface area contributed by atoms with Gasteiger partial charge >= 0.3 is 0 Å². The van der Waals surface area contributed by atoms with Crippen molar-refractivity contribution in [3.63, 3.8) is 0 Å². The van der Waals surface area contributed by atoms with Gasteiger partial charge in [-0.2, -0.15) is 11.8 Å².